The number of H-pyrrole nitrogens is 1. The zero-order valence-corrected chi connectivity index (χ0v) is 12.9. The van der Waals surface area contributed by atoms with E-state index in [9.17, 15) is 4.79 Å². The van der Waals surface area contributed by atoms with Crippen molar-refractivity contribution in [3.63, 3.8) is 0 Å². The summed E-state index contributed by atoms with van der Waals surface area (Å²) in [4.78, 5) is 25.7. The maximum absolute atomic E-state index is 11.2. The molecule has 3 aliphatic rings. The average Bonchev–Trinajstić information content (AvgIpc) is 3.04. The van der Waals surface area contributed by atoms with Crippen LogP contribution in [0.25, 0.3) is 21.5 Å². The van der Waals surface area contributed by atoms with Gasteiger partial charge in [-0.1, -0.05) is 11.3 Å². The first-order valence-corrected chi connectivity index (χ1v) is 7.91. The highest BCUT2D eigenvalue weighted by Crippen LogP contribution is 2.38. The predicted molar refractivity (Wildman–Crippen MR) is 85.7 cm³/mol. The molecule has 7 nitrogen and oxygen atoms in total. The predicted octanol–water partition coefficient (Wildman–Crippen LogP) is 1.92. The molecule has 3 heterocycles. The van der Waals surface area contributed by atoms with Crippen LogP contribution < -0.4 is 10.2 Å². The highest BCUT2D eigenvalue weighted by molar-refractivity contribution is 7.23. The number of aromatic amines is 1. The van der Waals surface area contributed by atoms with Gasteiger partial charge in [0.25, 0.3) is 0 Å². The van der Waals surface area contributed by atoms with Gasteiger partial charge in [-0.25, -0.2) is 9.97 Å². The summed E-state index contributed by atoms with van der Waals surface area (Å²) < 4.78 is 6.41. The minimum absolute atomic E-state index is 0.111. The van der Waals surface area contributed by atoms with E-state index in [1.165, 1.54) is 18.3 Å². The fraction of sp³-hybridized carbons (Fsp3) is 0.357. The van der Waals surface area contributed by atoms with Crippen LogP contribution in [0, 0.1) is 0 Å². The van der Waals surface area contributed by atoms with E-state index in [1.54, 1.807) is 0 Å². The number of carbonyl (C=O) groups excluding carboxylic acids is 1. The van der Waals surface area contributed by atoms with Gasteiger partial charge in [-0.3, -0.25) is 4.79 Å². The number of thiazole rings is 1. The lowest BCUT2D eigenvalue weighted by Gasteiger charge is -2.27. The van der Waals surface area contributed by atoms with Crippen molar-refractivity contribution >= 4 is 38.5 Å². The second-order valence-electron chi connectivity index (χ2n) is 5.20. The lowest BCUT2D eigenvalue weighted by Crippen LogP contribution is -2.37. The fourth-order valence-corrected chi connectivity index (χ4v) is 3.62. The molecule has 2 N–H and O–H groups in total. The smallest absolute Gasteiger partial charge is 0.223 e. The van der Waals surface area contributed by atoms with Gasteiger partial charge in [0.05, 0.1) is 29.1 Å². The van der Waals surface area contributed by atoms with E-state index in [-0.39, 0.29) is 5.91 Å². The second-order valence-corrected chi connectivity index (χ2v) is 6.19. The third-order valence-electron chi connectivity index (χ3n) is 3.62. The minimum atomic E-state index is -0.111. The Balaban J connectivity index is 1.76. The van der Waals surface area contributed by atoms with Gasteiger partial charge in [-0.15, -0.1) is 0 Å². The van der Waals surface area contributed by atoms with E-state index in [0.717, 1.165) is 53.7 Å². The SMILES string of the molecule is CC(=O)Nc1nc2cc3cnc(N4CCOCC4)[nH]c-3c2s1. The van der Waals surface area contributed by atoms with E-state index < -0.39 is 0 Å². The van der Waals surface area contributed by atoms with Crippen LogP contribution >= 0.6 is 11.3 Å². The number of aromatic nitrogens is 3. The van der Waals surface area contributed by atoms with Crippen molar-refractivity contribution in [1.82, 2.24) is 15.0 Å². The first-order valence-electron chi connectivity index (χ1n) is 7.09. The van der Waals surface area contributed by atoms with E-state index in [0.29, 0.717) is 5.13 Å². The monoisotopic (exact) mass is 317 g/mol. The van der Waals surface area contributed by atoms with Gasteiger partial charge in [0.1, 0.15) is 0 Å². The van der Waals surface area contributed by atoms with Crippen molar-refractivity contribution in [2.75, 3.05) is 36.5 Å². The van der Waals surface area contributed by atoms with Crippen molar-refractivity contribution in [2.24, 2.45) is 0 Å². The van der Waals surface area contributed by atoms with Crippen LogP contribution in [0.4, 0.5) is 11.1 Å². The Hall–Kier alpha value is -2.19. The Bertz CT molecular complexity index is 805. The zero-order valence-electron chi connectivity index (χ0n) is 12.0. The summed E-state index contributed by atoms with van der Waals surface area (Å²) in [5, 5.41) is 3.36. The number of nitrogens with zero attached hydrogens (tertiary/aromatic N) is 3. The molecule has 1 amide bonds. The number of hydrogen-bond donors (Lipinski definition) is 2. The third kappa shape index (κ3) is 2.30. The number of nitrogens with one attached hydrogen (secondary N) is 2. The lowest BCUT2D eigenvalue weighted by atomic mass is 10.3. The summed E-state index contributed by atoms with van der Waals surface area (Å²) in [7, 11) is 0. The van der Waals surface area contributed by atoms with Crippen LogP contribution in [-0.2, 0) is 9.53 Å². The number of ether oxygens (including phenoxy) is 1. The molecule has 1 saturated heterocycles. The molecule has 4 rings (SSSR count). The molecular formula is C14H15N5O2S. The van der Waals surface area contributed by atoms with Gasteiger partial charge in [0, 0.05) is 31.8 Å². The number of fused-ring (bicyclic) bond motifs is 3. The van der Waals surface area contributed by atoms with Crippen molar-refractivity contribution in [3.8, 4) is 11.3 Å². The second kappa shape index (κ2) is 5.22. The first kappa shape index (κ1) is 13.5. The van der Waals surface area contributed by atoms with Crippen molar-refractivity contribution in [3.05, 3.63) is 12.3 Å². The highest BCUT2D eigenvalue weighted by Gasteiger charge is 2.19. The largest absolute Gasteiger partial charge is 0.378 e. The van der Waals surface area contributed by atoms with E-state index in [2.05, 4.69) is 25.2 Å². The quantitative estimate of drug-likeness (QED) is 0.754. The molecule has 0 saturated carbocycles. The summed E-state index contributed by atoms with van der Waals surface area (Å²) in [6.07, 6.45) is 1.86. The van der Waals surface area contributed by atoms with Gasteiger partial charge in [-0.2, -0.15) is 0 Å². The summed E-state index contributed by atoms with van der Waals surface area (Å²) in [6, 6.07) is 1.99. The normalized spacial score (nSPS) is 15.6. The number of anilines is 2. The van der Waals surface area contributed by atoms with Gasteiger partial charge >= 0.3 is 0 Å². The molecule has 1 aromatic rings. The van der Waals surface area contributed by atoms with Crippen molar-refractivity contribution < 1.29 is 9.53 Å². The Morgan fingerprint density at radius 3 is 3.05 bits per heavy atom. The van der Waals surface area contributed by atoms with Crippen LogP contribution in [0.2, 0.25) is 0 Å². The Morgan fingerprint density at radius 1 is 1.45 bits per heavy atom. The molecule has 0 bridgehead atoms. The van der Waals surface area contributed by atoms with Gasteiger partial charge in [0.2, 0.25) is 11.9 Å². The lowest BCUT2D eigenvalue weighted by molar-refractivity contribution is -0.114. The number of carbonyl (C=O) groups is 1. The van der Waals surface area contributed by atoms with Gasteiger partial charge in [-0.05, 0) is 6.07 Å². The van der Waals surface area contributed by atoms with E-state index in [1.807, 2.05) is 12.3 Å². The minimum Gasteiger partial charge on any atom is -0.378 e. The molecule has 1 aromatic heterocycles. The van der Waals surface area contributed by atoms with Crippen LogP contribution in [0.3, 0.4) is 0 Å². The first-order chi connectivity index (χ1) is 10.7. The molecule has 8 heteroatoms. The standard InChI is InChI=1S/C14H15N5O2S/c1-8(20)16-14-17-10-6-9-7-15-13(18-11(9)12(10)22-14)19-2-4-21-5-3-19/h6-7H,2-5H2,1H3,(H,15,18)(H,16,17,20). The van der Waals surface area contributed by atoms with Crippen LogP contribution in [0.15, 0.2) is 12.3 Å². The molecule has 0 atom stereocenters. The Morgan fingerprint density at radius 2 is 2.27 bits per heavy atom. The molecule has 1 fully saturated rings. The van der Waals surface area contributed by atoms with Crippen LogP contribution in [0.5, 0.6) is 0 Å². The van der Waals surface area contributed by atoms with E-state index >= 15 is 0 Å². The molecule has 22 heavy (non-hydrogen) atoms. The summed E-state index contributed by atoms with van der Waals surface area (Å²) in [5.74, 6) is 0.734. The molecule has 0 radical (unpaired) electrons. The average molecular weight is 317 g/mol. The van der Waals surface area contributed by atoms with Crippen molar-refractivity contribution in [2.45, 2.75) is 6.92 Å². The maximum atomic E-state index is 11.2. The maximum Gasteiger partial charge on any atom is 0.223 e. The summed E-state index contributed by atoms with van der Waals surface area (Å²) >= 11 is 1.47. The van der Waals surface area contributed by atoms with Crippen LogP contribution in [0.1, 0.15) is 6.92 Å². The van der Waals surface area contributed by atoms with Gasteiger partial charge in [0.15, 0.2) is 5.13 Å². The topological polar surface area (TPSA) is 83.1 Å². The number of amides is 1. The molecule has 2 aliphatic heterocycles. The molecule has 0 unspecified atom stereocenters. The molecular weight excluding hydrogens is 302 g/mol. The highest BCUT2D eigenvalue weighted by atomic mass is 32.1. The van der Waals surface area contributed by atoms with Crippen LogP contribution in [-0.4, -0.2) is 47.2 Å². The number of morpholine rings is 1. The summed E-state index contributed by atoms with van der Waals surface area (Å²) in [6.45, 7) is 4.59. The summed E-state index contributed by atoms with van der Waals surface area (Å²) in [5.41, 5.74) is 2.92. The van der Waals surface area contributed by atoms with Crippen molar-refractivity contribution in [1.29, 1.82) is 0 Å². The number of rotatable bonds is 2. The molecule has 1 aliphatic carbocycles. The molecule has 0 spiro atoms. The van der Waals surface area contributed by atoms with E-state index in [4.69, 9.17) is 4.74 Å². The van der Waals surface area contributed by atoms with Gasteiger partial charge < -0.3 is 19.9 Å². The molecule has 0 aromatic carbocycles. The molecule has 114 valence electrons. The zero-order chi connectivity index (χ0) is 15.1. The fourth-order valence-electron chi connectivity index (χ4n) is 2.60. The number of hydrogen-bond acceptors (Lipinski definition) is 6. The Kier molecular flexibility index (Phi) is 3.20. The third-order valence-corrected chi connectivity index (χ3v) is 4.62. The Labute approximate surface area is 130 Å².